The van der Waals surface area contributed by atoms with Gasteiger partial charge in [0.2, 0.25) is 0 Å². The predicted molar refractivity (Wildman–Crippen MR) is 97.9 cm³/mol. The Kier molecular flexibility index (Phi) is 5.67. The zero-order valence-corrected chi connectivity index (χ0v) is 15.9. The SMILES string of the molecule is Cc1c(F)cc(F)cc1B(c1c(F)cc(F)c(C)c1F)c1c(F)cc(F)c(C)c1F. The fourth-order valence-electron chi connectivity index (χ4n) is 3.37. The Balaban J connectivity index is 2.52. The Hall–Kier alpha value is -2.84. The summed E-state index contributed by atoms with van der Waals surface area (Å²) in [7, 11) is 0. The van der Waals surface area contributed by atoms with E-state index in [4.69, 9.17) is 0 Å². The van der Waals surface area contributed by atoms with Gasteiger partial charge in [-0.05, 0) is 32.4 Å². The first-order valence-electron chi connectivity index (χ1n) is 8.69. The van der Waals surface area contributed by atoms with Crippen molar-refractivity contribution in [2.75, 3.05) is 0 Å². The maximum absolute atomic E-state index is 14.9. The van der Waals surface area contributed by atoms with Crippen molar-refractivity contribution in [1.29, 1.82) is 0 Å². The molecule has 0 nitrogen and oxygen atoms in total. The maximum Gasteiger partial charge on any atom is 0.257 e. The smallest absolute Gasteiger partial charge is 0.207 e. The van der Waals surface area contributed by atoms with Crippen molar-refractivity contribution in [2.45, 2.75) is 20.8 Å². The average Bonchev–Trinajstić information content (AvgIpc) is 2.66. The molecule has 0 bridgehead atoms. The topological polar surface area (TPSA) is 0 Å². The lowest BCUT2D eigenvalue weighted by Crippen LogP contribution is -2.58. The van der Waals surface area contributed by atoms with Gasteiger partial charge in [-0.15, -0.1) is 0 Å². The lowest BCUT2D eigenvalue weighted by molar-refractivity contribution is 0.539. The molecule has 0 aromatic heterocycles. The number of rotatable bonds is 3. The minimum Gasteiger partial charge on any atom is -0.207 e. The van der Waals surface area contributed by atoms with E-state index >= 15 is 0 Å². The van der Waals surface area contributed by atoms with Crippen molar-refractivity contribution < 1.29 is 35.1 Å². The Bertz CT molecular complexity index is 1110. The average molecular weight is 428 g/mol. The van der Waals surface area contributed by atoms with Gasteiger partial charge in [0.25, 0.3) is 6.71 Å². The Morgan fingerprint density at radius 1 is 0.500 bits per heavy atom. The predicted octanol–water partition coefficient (Wildman–Crippen LogP) is 4.24. The van der Waals surface area contributed by atoms with E-state index in [1.54, 1.807) is 0 Å². The molecule has 0 heterocycles. The zero-order chi connectivity index (χ0) is 22.5. The summed E-state index contributed by atoms with van der Waals surface area (Å²) in [5.41, 5.74) is -4.21. The van der Waals surface area contributed by atoms with E-state index in [0.717, 1.165) is 20.8 Å². The van der Waals surface area contributed by atoms with Gasteiger partial charge < -0.3 is 0 Å². The van der Waals surface area contributed by atoms with Crippen LogP contribution in [-0.2, 0) is 0 Å². The molecule has 0 aliphatic carbocycles. The van der Waals surface area contributed by atoms with Gasteiger partial charge in [-0.1, -0.05) is 5.46 Å². The minimum atomic E-state index is -2.06. The molecular formula is C21H13BF8. The van der Waals surface area contributed by atoms with Crippen LogP contribution in [0.1, 0.15) is 16.7 Å². The number of hydrogen-bond acceptors (Lipinski definition) is 0. The molecule has 0 spiro atoms. The molecule has 0 saturated carbocycles. The van der Waals surface area contributed by atoms with Crippen LogP contribution in [0.25, 0.3) is 0 Å². The molecule has 0 saturated heterocycles. The van der Waals surface area contributed by atoms with Crippen molar-refractivity contribution >= 4 is 23.1 Å². The van der Waals surface area contributed by atoms with Crippen LogP contribution in [0.2, 0.25) is 0 Å². The Morgan fingerprint density at radius 2 is 0.900 bits per heavy atom. The standard InChI is InChI=1S/C21H13BF8/c1-8-12(4-11(23)5-13(8)24)22(18-16(27)6-14(25)9(2)20(18)29)19-17(28)7-15(26)10(3)21(19)30/h4-7H,1-3H3. The van der Waals surface area contributed by atoms with Gasteiger partial charge in [-0.25, -0.2) is 35.1 Å². The first kappa shape index (κ1) is 21.9. The van der Waals surface area contributed by atoms with Crippen LogP contribution in [0.4, 0.5) is 35.1 Å². The van der Waals surface area contributed by atoms with Crippen molar-refractivity contribution in [3.05, 3.63) is 87.5 Å². The molecule has 0 aliphatic heterocycles. The largest absolute Gasteiger partial charge is 0.257 e. The van der Waals surface area contributed by atoms with Crippen LogP contribution in [0, 0.1) is 67.3 Å². The molecule has 30 heavy (non-hydrogen) atoms. The summed E-state index contributed by atoms with van der Waals surface area (Å²) in [5, 5.41) is 0. The van der Waals surface area contributed by atoms with E-state index in [2.05, 4.69) is 0 Å². The third-order valence-corrected chi connectivity index (χ3v) is 5.11. The molecule has 0 atom stereocenters. The van der Waals surface area contributed by atoms with E-state index in [-0.39, 0.29) is 5.56 Å². The fraction of sp³-hybridized carbons (Fsp3) is 0.143. The van der Waals surface area contributed by atoms with E-state index in [1.807, 2.05) is 0 Å². The quantitative estimate of drug-likeness (QED) is 0.433. The molecule has 3 aromatic rings. The van der Waals surface area contributed by atoms with Crippen LogP contribution in [-0.4, -0.2) is 6.71 Å². The second-order valence-corrected chi connectivity index (χ2v) is 6.92. The highest BCUT2D eigenvalue weighted by Gasteiger charge is 2.37. The lowest BCUT2D eigenvalue weighted by atomic mass is 9.35. The van der Waals surface area contributed by atoms with E-state index in [9.17, 15) is 35.1 Å². The molecule has 3 aromatic carbocycles. The molecule has 9 heteroatoms. The van der Waals surface area contributed by atoms with E-state index in [1.165, 1.54) is 0 Å². The maximum atomic E-state index is 14.9. The number of halogens is 8. The molecule has 156 valence electrons. The molecule has 0 amide bonds. The summed E-state index contributed by atoms with van der Waals surface area (Å²) in [6.45, 7) is 0.988. The van der Waals surface area contributed by atoms with Gasteiger partial charge in [-0.3, -0.25) is 0 Å². The second kappa shape index (κ2) is 7.77. The number of hydrogen-bond donors (Lipinski definition) is 0. The van der Waals surface area contributed by atoms with Crippen molar-refractivity contribution in [3.63, 3.8) is 0 Å². The zero-order valence-electron chi connectivity index (χ0n) is 15.9. The molecule has 3 rings (SSSR count). The van der Waals surface area contributed by atoms with Gasteiger partial charge >= 0.3 is 0 Å². The van der Waals surface area contributed by atoms with Crippen LogP contribution < -0.4 is 16.4 Å². The van der Waals surface area contributed by atoms with Gasteiger partial charge in [0.05, 0.1) is 0 Å². The van der Waals surface area contributed by atoms with Gasteiger partial charge in [0.15, 0.2) is 0 Å². The highest BCUT2D eigenvalue weighted by atomic mass is 19.2. The van der Waals surface area contributed by atoms with Crippen LogP contribution in [0.5, 0.6) is 0 Å². The summed E-state index contributed by atoms with van der Waals surface area (Å²) < 4.78 is 115. The van der Waals surface area contributed by atoms with Crippen LogP contribution in [0.3, 0.4) is 0 Å². The van der Waals surface area contributed by atoms with E-state index < -0.39 is 80.8 Å². The normalized spacial score (nSPS) is 11.2. The Morgan fingerprint density at radius 3 is 1.33 bits per heavy atom. The van der Waals surface area contributed by atoms with Crippen LogP contribution >= 0.6 is 0 Å². The van der Waals surface area contributed by atoms with Gasteiger partial charge in [-0.2, -0.15) is 0 Å². The molecule has 0 aliphatic rings. The number of benzene rings is 3. The monoisotopic (exact) mass is 428 g/mol. The molecule has 0 fully saturated rings. The Labute approximate surface area is 167 Å². The minimum absolute atomic E-state index is 0.303. The second-order valence-electron chi connectivity index (χ2n) is 6.92. The summed E-state index contributed by atoms with van der Waals surface area (Å²) in [4.78, 5) is 0. The van der Waals surface area contributed by atoms with Gasteiger partial charge in [0, 0.05) is 40.3 Å². The highest BCUT2D eigenvalue weighted by molar-refractivity contribution is 6.96. The lowest BCUT2D eigenvalue weighted by Gasteiger charge is -2.22. The molecule has 0 radical (unpaired) electrons. The first-order chi connectivity index (χ1) is 14.0. The third-order valence-electron chi connectivity index (χ3n) is 5.11. The molecule has 0 N–H and O–H groups in total. The first-order valence-corrected chi connectivity index (χ1v) is 8.69. The summed E-state index contributed by atoms with van der Waals surface area (Å²) in [6, 6.07) is 1.76. The van der Waals surface area contributed by atoms with E-state index in [0.29, 0.717) is 24.3 Å². The third kappa shape index (κ3) is 3.46. The fourth-order valence-corrected chi connectivity index (χ4v) is 3.37. The summed E-state index contributed by atoms with van der Waals surface area (Å²) in [5.74, 6) is -10.8. The molecular weight excluding hydrogens is 415 g/mol. The van der Waals surface area contributed by atoms with Crippen molar-refractivity contribution in [3.8, 4) is 0 Å². The van der Waals surface area contributed by atoms with Gasteiger partial charge in [0.1, 0.15) is 46.5 Å². The van der Waals surface area contributed by atoms with Crippen molar-refractivity contribution in [2.24, 2.45) is 0 Å². The summed E-state index contributed by atoms with van der Waals surface area (Å²) >= 11 is 0. The molecule has 0 unspecified atom stereocenters. The van der Waals surface area contributed by atoms with Crippen LogP contribution in [0.15, 0.2) is 24.3 Å². The van der Waals surface area contributed by atoms with Crippen molar-refractivity contribution in [1.82, 2.24) is 0 Å². The summed E-state index contributed by atoms with van der Waals surface area (Å²) in [6.07, 6.45) is 0. The highest BCUT2D eigenvalue weighted by Crippen LogP contribution is 2.18.